The second-order valence-corrected chi connectivity index (χ2v) is 21.9. The van der Waals surface area contributed by atoms with Crippen LogP contribution in [0.15, 0.2) is 237 Å². The van der Waals surface area contributed by atoms with E-state index in [1.165, 1.54) is 11.1 Å². The van der Waals surface area contributed by atoms with Crippen LogP contribution >= 0.6 is 0 Å². The summed E-state index contributed by atoms with van der Waals surface area (Å²) in [5.74, 6) is 3.51. The Kier molecular flexibility index (Phi) is 20.4. The zero-order valence-corrected chi connectivity index (χ0v) is 50.5. The van der Waals surface area contributed by atoms with Crippen molar-refractivity contribution in [3.05, 3.63) is 248 Å². The molecule has 0 aromatic heterocycles. The van der Waals surface area contributed by atoms with Crippen molar-refractivity contribution in [2.24, 2.45) is 0 Å². The molecule has 7 nitrogen and oxygen atoms in total. The Hall–Kier alpha value is -9.20. The third kappa shape index (κ3) is 15.3. The van der Waals surface area contributed by atoms with E-state index in [-0.39, 0.29) is 0 Å². The number of hydrogen-bond acceptors (Lipinski definition) is 7. The maximum atomic E-state index is 6.10. The van der Waals surface area contributed by atoms with Crippen molar-refractivity contribution in [1.29, 1.82) is 0 Å². The highest BCUT2D eigenvalue weighted by Crippen LogP contribution is 2.42. The van der Waals surface area contributed by atoms with Crippen molar-refractivity contribution >= 4 is 51.2 Å². The Balaban J connectivity index is 1.03. The van der Waals surface area contributed by atoms with Gasteiger partial charge in [0.25, 0.3) is 0 Å². The summed E-state index contributed by atoms with van der Waals surface area (Å²) in [7, 11) is 0. The number of benzene rings is 10. The standard InChI is InChI=1S/C78H81N3O4/c1-7-11-51-82-75-43-35-71(36-44-75)79(66-25-15-58(5)16-26-66)68-29-19-60(20-30-68)63-55-64(61-21-31-69(32-22-61)80(67-27-17-59(6)18-28-67)72-37-45-76(46-38-72)83-52-12-8-2)57-65(56-63)62-23-33-70(34-24-62)81(73-39-47-77(48-40-73)84-53-13-9-3)74-41-49-78(50-42-74)85-54-14-10-4/h15-50,55-57H,7-14,51-54H2,1-6H3. The molecule has 85 heavy (non-hydrogen) atoms. The fraction of sp³-hybridized carbons (Fsp3) is 0.231. The molecular weight excluding hydrogens is 1040 g/mol. The molecule has 0 bridgehead atoms. The molecule has 0 unspecified atom stereocenters. The SMILES string of the molecule is CCCCOc1ccc(N(c2ccc(C)cc2)c2ccc(-c3cc(-c4ccc(N(c5ccc(C)cc5)c5ccc(OCCCC)cc5)cc4)cc(-c4ccc(N(c5ccc(OCCCC)cc5)c5ccc(OCCCC)cc5)cc4)c3)cc2)cc1. The highest BCUT2D eigenvalue weighted by Gasteiger charge is 2.19. The molecule has 10 rings (SSSR count). The molecule has 10 aromatic carbocycles. The summed E-state index contributed by atoms with van der Waals surface area (Å²) < 4.78 is 24.4. The molecule has 0 amide bonds. The van der Waals surface area contributed by atoms with Crippen LogP contribution in [0, 0.1) is 13.8 Å². The van der Waals surface area contributed by atoms with Gasteiger partial charge in [0.05, 0.1) is 26.4 Å². The first-order valence-corrected chi connectivity index (χ1v) is 30.7. The molecule has 432 valence electrons. The molecule has 10 aromatic rings. The van der Waals surface area contributed by atoms with Crippen molar-refractivity contribution in [2.45, 2.75) is 92.9 Å². The average molecular weight is 1120 g/mol. The fourth-order valence-electron chi connectivity index (χ4n) is 10.4. The van der Waals surface area contributed by atoms with Crippen LogP contribution in [0.5, 0.6) is 23.0 Å². The second kappa shape index (κ2) is 29.4. The van der Waals surface area contributed by atoms with Crippen LogP contribution in [0.1, 0.15) is 90.2 Å². The lowest BCUT2D eigenvalue weighted by atomic mass is 9.93. The van der Waals surface area contributed by atoms with E-state index in [2.05, 4.69) is 293 Å². The fourth-order valence-corrected chi connectivity index (χ4v) is 10.4. The van der Waals surface area contributed by atoms with E-state index in [1.807, 2.05) is 0 Å². The predicted molar refractivity (Wildman–Crippen MR) is 358 cm³/mol. The third-order valence-corrected chi connectivity index (χ3v) is 15.3. The van der Waals surface area contributed by atoms with Gasteiger partial charge < -0.3 is 33.6 Å². The van der Waals surface area contributed by atoms with Gasteiger partial charge in [0.2, 0.25) is 0 Å². The maximum absolute atomic E-state index is 6.10. The topological polar surface area (TPSA) is 46.6 Å². The van der Waals surface area contributed by atoms with Gasteiger partial charge in [-0.15, -0.1) is 0 Å². The van der Waals surface area contributed by atoms with Gasteiger partial charge in [0, 0.05) is 51.2 Å². The van der Waals surface area contributed by atoms with E-state index in [1.54, 1.807) is 0 Å². The summed E-state index contributed by atoms with van der Waals surface area (Å²) in [4.78, 5) is 6.93. The summed E-state index contributed by atoms with van der Waals surface area (Å²) in [6, 6.07) is 85.2. The Morgan fingerprint density at radius 1 is 0.224 bits per heavy atom. The van der Waals surface area contributed by atoms with Gasteiger partial charge in [-0.2, -0.15) is 0 Å². The monoisotopic (exact) mass is 1120 g/mol. The van der Waals surface area contributed by atoms with E-state index in [0.29, 0.717) is 26.4 Å². The van der Waals surface area contributed by atoms with Crippen LogP contribution in [0.25, 0.3) is 33.4 Å². The van der Waals surface area contributed by atoms with Gasteiger partial charge in [-0.1, -0.05) is 125 Å². The quantitative estimate of drug-likeness (QED) is 0.0453. The Bertz CT molecular complexity index is 3400. The van der Waals surface area contributed by atoms with E-state index in [9.17, 15) is 0 Å². The number of hydrogen-bond donors (Lipinski definition) is 0. The van der Waals surface area contributed by atoms with Crippen LogP contribution in [-0.4, -0.2) is 26.4 Å². The number of anilines is 9. The molecule has 0 aliphatic carbocycles. The predicted octanol–water partition coefficient (Wildman–Crippen LogP) is 22.4. The van der Waals surface area contributed by atoms with Gasteiger partial charge in [-0.25, -0.2) is 0 Å². The van der Waals surface area contributed by atoms with E-state index in [0.717, 1.165) is 159 Å². The van der Waals surface area contributed by atoms with Crippen molar-refractivity contribution in [3.8, 4) is 56.4 Å². The molecule has 0 atom stereocenters. The lowest BCUT2D eigenvalue weighted by molar-refractivity contribution is 0.309. The van der Waals surface area contributed by atoms with Gasteiger partial charge >= 0.3 is 0 Å². The van der Waals surface area contributed by atoms with Crippen LogP contribution in [0.4, 0.5) is 51.2 Å². The molecule has 0 spiro atoms. The van der Waals surface area contributed by atoms with Gasteiger partial charge in [0.1, 0.15) is 23.0 Å². The first-order valence-electron chi connectivity index (χ1n) is 30.7. The number of rotatable bonds is 28. The molecule has 0 saturated heterocycles. The number of ether oxygens (including phenoxy) is 4. The van der Waals surface area contributed by atoms with Crippen LogP contribution < -0.4 is 33.6 Å². The Morgan fingerprint density at radius 3 is 0.588 bits per heavy atom. The summed E-state index contributed by atoms with van der Waals surface area (Å²) in [5, 5.41) is 0. The minimum atomic E-state index is 0.703. The molecule has 7 heteroatoms. The Morgan fingerprint density at radius 2 is 0.400 bits per heavy atom. The number of unbranched alkanes of at least 4 members (excludes halogenated alkanes) is 4. The lowest BCUT2D eigenvalue weighted by Gasteiger charge is -2.26. The van der Waals surface area contributed by atoms with Gasteiger partial charge in [-0.3, -0.25) is 0 Å². The minimum absolute atomic E-state index is 0.703. The lowest BCUT2D eigenvalue weighted by Crippen LogP contribution is -2.10. The van der Waals surface area contributed by atoms with Crippen molar-refractivity contribution in [2.75, 3.05) is 41.1 Å². The highest BCUT2D eigenvalue weighted by atomic mass is 16.5. The van der Waals surface area contributed by atoms with Crippen LogP contribution in [0.3, 0.4) is 0 Å². The molecule has 0 saturated carbocycles. The number of aryl methyl sites for hydroxylation is 2. The van der Waals surface area contributed by atoms with Crippen LogP contribution in [0.2, 0.25) is 0 Å². The van der Waals surface area contributed by atoms with Crippen molar-refractivity contribution < 1.29 is 18.9 Å². The maximum Gasteiger partial charge on any atom is 0.119 e. The normalized spacial score (nSPS) is 11.0. The molecular formula is C78H81N3O4. The first kappa shape index (κ1) is 59.0. The third-order valence-electron chi connectivity index (χ3n) is 15.3. The summed E-state index contributed by atoms with van der Waals surface area (Å²) in [6.45, 7) is 15.8. The zero-order chi connectivity index (χ0) is 58.7. The molecule has 0 N–H and O–H groups in total. The molecule has 0 radical (unpaired) electrons. The smallest absolute Gasteiger partial charge is 0.119 e. The zero-order valence-electron chi connectivity index (χ0n) is 50.5. The van der Waals surface area contributed by atoms with Gasteiger partial charge in [-0.05, 0) is 249 Å². The first-order chi connectivity index (χ1) is 41.8. The van der Waals surface area contributed by atoms with Crippen molar-refractivity contribution in [3.63, 3.8) is 0 Å². The highest BCUT2D eigenvalue weighted by molar-refractivity contribution is 5.86. The van der Waals surface area contributed by atoms with Gasteiger partial charge in [0.15, 0.2) is 0 Å². The molecule has 0 aliphatic rings. The summed E-state index contributed by atoms with van der Waals surface area (Å²) >= 11 is 0. The molecule has 0 fully saturated rings. The van der Waals surface area contributed by atoms with E-state index in [4.69, 9.17) is 18.9 Å². The molecule has 0 aliphatic heterocycles. The second-order valence-electron chi connectivity index (χ2n) is 21.9. The summed E-state index contributed by atoms with van der Waals surface area (Å²) in [5.41, 5.74) is 18.7. The van der Waals surface area contributed by atoms with Crippen molar-refractivity contribution in [1.82, 2.24) is 0 Å². The average Bonchev–Trinajstić information content (AvgIpc) is 2.76. The minimum Gasteiger partial charge on any atom is -0.494 e. The van der Waals surface area contributed by atoms with Crippen LogP contribution in [-0.2, 0) is 0 Å². The molecule has 0 heterocycles. The van der Waals surface area contributed by atoms with E-state index >= 15 is 0 Å². The van der Waals surface area contributed by atoms with E-state index < -0.39 is 0 Å². The largest absolute Gasteiger partial charge is 0.494 e. The summed E-state index contributed by atoms with van der Waals surface area (Å²) in [6.07, 6.45) is 8.47. The Labute approximate surface area is 505 Å². The number of nitrogens with zero attached hydrogens (tertiary/aromatic N) is 3.